The van der Waals surface area contributed by atoms with Gasteiger partial charge in [0.25, 0.3) is 0 Å². The van der Waals surface area contributed by atoms with E-state index in [-0.39, 0.29) is 12.2 Å². The largest absolute Gasteiger partial charge is 0.377 e. The number of aliphatic hydroxyl groups is 1. The fraction of sp³-hybridized carbons (Fsp3) is 0.0952. The van der Waals surface area contributed by atoms with Crippen molar-refractivity contribution < 1.29 is 9.90 Å². The molecular formula is C21H17BrO2. The van der Waals surface area contributed by atoms with Crippen molar-refractivity contribution in [1.82, 2.24) is 0 Å². The summed E-state index contributed by atoms with van der Waals surface area (Å²) >= 11 is 3.41. The Balaban J connectivity index is 2.04. The van der Waals surface area contributed by atoms with Crippen LogP contribution < -0.4 is 0 Å². The van der Waals surface area contributed by atoms with Crippen LogP contribution in [0.1, 0.15) is 21.5 Å². The molecule has 0 saturated carbocycles. The highest BCUT2D eigenvalue weighted by Crippen LogP contribution is 2.30. The lowest BCUT2D eigenvalue weighted by molar-refractivity contribution is 0.0299. The van der Waals surface area contributed by atoms with Crippen LogP contribution >= 0.6 is 15.9 Å². The van der Waals surface area contributed by atoms with E-state index in [1.807, 2.05) is 48.5 Å². The van der Waals surface area contributed by atoms with Crippen LogP contribution in [0.4, 0.5) is 0 Å². The SMILES string of the molecule is O=C(c1ccccc1)C(O)(Cc1ccc(Br)cc1)c1ccccc1. The topological polar surface area (TPSA) is 37.3 Å². The lowest BCUT2D eigenvalue weighted by Crippen LogP contribution is -2.38. The average molecular weight is 381 g/mol. The van der Waals surface area contributed by atoms with Crippen LogP contribution in [0.2, 0.25) is 0 Å². The van der Waals surface area contributed by atoms with E-state index in [9.17, 15) is 9.90 Å². The summed E-state index contributed by atoms with van der Waals surface area (Å²) in [5, 5.41) is 11.4. The van der Waals surface area contributed by atoms with Crippen LogP contribution in [0.25, 0.3) is 0 Å². The van der Waals surface area contributed by atoms with Crippen LogP contribution in [0.5, 0.6) is 0 Å². The van der Waals surface area contributed by atoms with Gasteiger partial charge < -0.3 is 5.11 Å². The van der Waals surface area contributed by atoms with Gasteiger partial charge in [-0.05, 0) is 23.3 Å². The second kappa shape index (κ2) is 7.12. The van der Waals surface area contributed by atoms with E-state index in [4.69, 9.17) is 0 Å². The maximum absolute atomic E-state index is 13.1. The first-order chi connectivity index (χ1) is 11.6. The maximum Gasteiger partial charge on any atom is 0.199 e. The summed E-state index contributed by atoms with van der Waals surface area (Å²) in [5.74, 6) is -0.294. The molecule has 0 aliphatic rings. The second-order valence-electron chi connectivity index (χ2n) is 5.72. The van der Waals surface area contributed by atoms with Crippen LogP contribution in [0.3, 0.4) is 0 Å². The average Bonchev–Trinajstić information content (AvgIpc) is 2.64. The van der Waals surface area contributed by atoms with E-state index >= 15 is 0 Å². The van der Waals surface area contributed by atoms with E-state index in [1.165, 1.54) is 0 Å². The van der Waals surface area contributed by atoms with Crippen molar-refractivity contribution in [2.75, 3.05) is 0 Å². The van der Waals surface area contributed by atoms with Gasteiger partial charge in [0.15, 0.2) is 11.4 Å². The molecule has 3 aromatic rings. The monoisotopic (exact) mass is 380 g/mol. The Labute approximate surface area is 149 Å². The van der Waals surface area contributed by atoms with Crippen molar-refractivity contribution >= 4 is 21.7 Å². The van der Waals surface area contributed by atoms with Crippen molar-refractivity contribution in [1.29, 1.82) is 0 Å². The van der Waals surface area contributed by atoms with Crippen molar-refractivity contribution in [2.24, 2.45) is 0 Å². The smallest absolute Gasteiger partial charge is 0.199 e. The summed E-state index contributed by atoms with van der Waals surface area (Å²) in [6.07, 6.45) is 0.220. The van der Waals surface area contributed by atoms with Crippen LogP contribution in [0.15, 0.2) is 89.4 Å². The molecule has 0 spiro atoms. The molecule has 0 aliphatic carbocycles. The Hall–Kier alpha value is -2.23. The molecule has 1 atom stereocenters. The van der Waals surface area contributed by atoms with Gasteiger partial charge in [-0.25, -0.2) is 0 Å². The zero-order valence-corrected chi connectivity index (χ0v) is 14.6. The third-order valence-electron chi connectivity index (χ3n) is 4.04. The van der Waals surface area contributed by atoms with Crippen LogP contribution in [-0.2, 0) is 12.0 Å². The molecule has 3 aromatic carbocycles. The van der Waals surface area contributed by atoms with Gasteiger partial charge in [0.05, 0.1) is 0 Å². The Morgan fingerprint density at radius 2 is 1.38 bits per heavy atom. The van der Waals surface area contributed by atoms with E-state index in [0.29, 0.717) is 11.1 Å². The van der Waals surface area contributed by atoms with E-state index in [0.717, 1.165) is 10.0 Å². The molecule has 0 heterocycles. The van der Waals surface area contributed by atoms with E-state index in [1.54, 1.807) is 36.4 Å². The number of hydrogen-bond donors (Lipinski definition) is 1. The molecule has 120 valence electrons. The van der Waals surface area contributed by atoms with Gasteiger partial charge in [-0.2, -0.15) is 0 Å². The predicted octanol–water partition coefficient (Wildman–Crippen LogP) is 4.76. The van der Waals surface area contributed by atoms with Gasteiger partial charge >= 0.3 is 0 Å². The number of ketones is 1. The molecule has 0 fully saturated rings. The summed E-state index contributed by atoms with van der Waals surface area (Å²) in [6.45, 7) is 0. The lowest BCUT2D eigenvalue weighted by Gasteiger charge is -2.27. The minimum atomic E-state index is -1.60. The number of carbonyl (C=O) groups excluding carboxylic acids is 1. The van der Waals surface area contributed by atoms with Crippen molar-refractivity contribution in [2.45, 2.75) is 12.0 Å². The fourth-order valence-corrected chi connectivity index (χ4v) is 3.02. The molecule has 0 aromatic heterocycles. The zero-order chi connectivity index (χ0) is 17.0. The minimum absolute atomic E-state index is 0.220. The first-order valence-corrected chi connectivity index (χ1v) is 8.51. The summed E-state index contributed by atoms with van der Waals surface area (Å²) in [5.41, 5.74) is 0.396. The second-order valence-corrected chi connectivity index (χ2v) is 6.64. The number of hydrogen-bond acceptors (Lipinski definition) is 2. The molecule has 3 heteroatoms. The van der Waals surface area contributed by atoms with Crippen molar-refractivity contribution in [3.63, 3.8) is 0 Å². The van der Waals surface area contributed by atoms with Gasteiger partial charge in [0.1, 0.15) is 0 Å². The molecule has 0 bridgehead atoms. The third kappa shape index (κ3) is 3.48. The summed E-state index contributed by atoms with van der Waals surface area (Å²) in [6, 6.07) is 25.7. The highest BCUT2D eigenvalue weighted by Gasteiger charge is 2.38. The van der Waals surface area contributed by atoms with Crippen molar-refractivity contribution in [3.05, 3.63) is 106 Å². The van der Waals surface area contributed by atoms with Gasteiger partial charge in [-0.15, -0.1) is 0 Å². The third-order valence-corrected chi connectivity index (χ3v) is 4.56. The number of Topliss-reactive ketones (excluding diaryl/α,β-unsaturated/α-hetero) is 1. The maximum atomic E-state index is 13.1. The highest BCUT2D eigenvalue weighted by molar-refractivity contribution is 9.10. The van der Waals surface area contributed by atoms with Gasteiger partial charge in [-0.3, -0.25) is 4.79 Å². The first kappa shape index (κ1) is 16.6. The Bertz CT molecular complexity index is 813. The molecule has 0 saturated heterocycles. The minimum Gasteiger partial charge on any atom is -0.377 e. The Kier molecular flexibility index (Phi) is 4.93. The van der Waals surface area contributed by atoms with Gasteiger partial charge in [0, 0.05) is 16.5 Å². The number of benzene rings is 3. The number of carbonyl (C=O) groups is 1. The van der Waals surface area contributed by atoms with Crippen LogP contribution in [-0.4, -0.2) is 10.9 Å². The highest BCUT2D eigenvalue weighted by atomic mass is 79.9. The Morgan fingerprint density at radius 1 is 0.833 bits per heavy atom. The normalized spacial score (nSPS) is 13.2. The molecule has 1 N–H and O–H groups in total. The Morgan fingerprint density at radius 3 is 1.96 bits per heavy atom. The van der Waals surface area contributed by atoms with Crippen molar-refractivity contribution in [3.8, 4) is 0 Å². The lowest BCUT2D eigenvalue weighted by atomic mass is 9.81. The zero-order valence-electron chi connectivity index (χ0n) is 13.0. The summed E-state index contributed by atoms with van der Waals surface area (Å²) < 4.78 is 0.962. The van der Waals surface area contributed by atoms with Gasteiger partial charge in [-0.1, -0.05) is 88.7 Å². The fourth-order valence-electron chi connectivity index (χ4n) is 2.75. The predicted molar refractivity (Wildman–Crippen MR) is 99.0 cm³/mol. The molecule has 2 nitrogen and oxygen atoms in total. The molecule has 0 amide bonds. The standard InChI is InChI=1S/C21H17BrO2/c22-19-13-11-16(12-14-19)15-21(24,18-9-5-2-6-10-18)20(23)17-7-3-1-4-8-17/h1-14,24H,15H2. The molecule has 24 heavy (non-hydrogen) atoms. The number of halogens is 1. The molecule has 0 radical (unpaired) electrons. The van der Waals surface area contributed by atoms with E-state index in [2.05, 4.69) is 15.9 Å². The van der Waals surface area contributed by atoms with E-state index < -0.39 is 5.60 Å². The van der Waals surface area contributed by atoms with Gasteiger partial charge in [0.2, 0.25) is 0 Å². The summed E-state index contributed by atoms with van der Waals surface area (Å²) in [7, 11) is 0. The molecule has 3 rings (SSSR count). The summed E-state index contributed by atoms with van der Waals surface area (Å²) in [4.78, 5) is 13.1. The molecular weight excluding hydrogens is 364 g/mol. The molecule has 1 unspecified atom stereocenters. The van der Waals surface area contributed by atoms with Crippen LogP contribution in [0, 0.1) is 0 Å². The quantitative estimate of drug-likeness (QED) is 0.647. The molecule has 0 aliphatic heterocycles. The first-order valence-electron chi connectivity index (χ1n) is 7.72. The number of rotatable bonds is 5.